The van der Waals surface area contributed by atoms with Crippen LogP contribution in [0.2, 0.25) is 0 Å². The molecule has 0 N–H and O–H groups in total. The predicted molar refractivity (Wildman–Crippen MR) is 106 cm³/mol. The Labute approximate surface area is 161 Å². The lowest BCUT2D eigenvalue weighted by Crippen LogP contribution is -2.31. The molecule has 4 nitrogen and oxygen atoms in total. The van der Waals surface area contributed by atoms with E-state index in [1.165, 1.54) is 23.4 Å². The van der Waals surface area contributed by atoms with Gasteiger partial charge >= 0.3 is 0 Å². The summed E-state index contributed by atoms with van der Waals surface area (Å²) in [6, 6.07) is 6.78. The zero-order valence-electron chi connectivity index (χ0n) is 16.7. The molecule has 3 rings (SSSR count). The Morgan fingerprint density at radius 2 is 2.04 bits per heavy atom. The number of rotatable bonds is 8. The van der Waals surface area contributed by atoms with Gasteiger partial charge in [0, 0.05) is 37.5 Å². The molecule has 1 saturated heterocycles. The van der Waals surface area contributed by atoms with E-state index in [0.717, 1.165) is 62.5 Å². The fraction of sp³-hybridized carbons (Fsp3) is 0.500. The minimum atomic E-state index is -0.197. The normalized spacial score (nSPS) is 17.0. The molecule has 1 aromatic carbocycles. The predicted octanol–water partition coefficient (Wildman–Crippen LogP) is 4.40. The van der Waals surface area contributed by atoms with Gasteiger partial charge in [0.2, 0.25) is 0 Å². The topological polar surface area (TPSA) is 30.3 Å². The SMILES string of the molecule is C=C(C)Cn1nc(C)c(CN(Cc2ccc(F)cc2)CC2CCCO2)c1C. The summed E-state index contributed by atoms with van der Waals surface area (Å²) >= 11 is 0. The van der Waals surface area contributed by atoms with Crippen LogP contribution in [0, 0.1) is 19.7 Å². The average molecular weight is 372 g/mol. The van der Waals surface area contributed by atoms with Gasteiger partial charge in [0.05, 0.1) is 18.3 Å². The van der Waals surface area contributed by atoms with Crippen LogP contribution in [0.15, 0.2) is 36.4 Å². The maximum atomic E-state index is 13.3. The van der Waals surface area contributed by atoms with Crippen molar-refractivity contribution in [2.75, 3.05) is 13.2 Å². The maximum Gasteiger partial charge on any atom is 0.123 e. The molecule has 0 amide bonds. The van der Waals surface area contributed by atoms with Gasteiger partial charge in [-0.3, -0.25) is 9.58 Å². The second kappa shape index (κ2) is 8.81. The second-order valence-corrected chi connectivity index (χ2v) is 7.70. The number of nitrogens with zero attached hydrogens (tertiary/aromatic N) is 3. The van der Waals surface area contributed by atoms with Crippen molar-refractivity contribution in [2.45, 2.75) is 59.4 Å². The summed E-state index contributed by atoms with van der Waals surface area (Å²) in [5.74, 6) is -0.197. The molecule has 0 spiro atoms. The average Bonchev–Trinajstić information content (AvgIpc) is 3.20. The van der Waals surface area contributed by atoms with Crippen molar-refractivity contribution >= 4 is 0 Å². The fourth-order valence-electron chi connectivity index (χ4n) is 3.71. The van der Waals surface area contributed by atoms with Crippen molar-refractivity contribution in [1.29, 1.82) is 0 Å². The Balaban J connectivity index is 1.78. The Hall–Kier alpha value is -1.98. The Bertz CT molecular complexity index is 776. The monoisotopic (exact) mass is 371 g/mol. The first-order valence-corrected chi connectivity index (χ1v) is 9.68. The summed E-state index contributed by atoms with van der Waals surface area (Å²) in [7, 11) is 0. The first kappa shape index (κ1) is 19.8. The Morgan fingerprint density at radius 3 is 2.67 bits per heavy atom. The number of allylic oxidation sites excluding steroid dienone is 1. The van der Waals surface area contributed by atoms with E-state index in [-0.39, 0.29) is 11.9 Å². The van der Waals surface area contributed by atoms with Crippen LogP contribution in [0.4, 0.5) is 4.39 Å². The van der Waals surface area contributed by atoms with E-state index < -0.39 is 0 Å². The zero-order chi connectivity index (χ0) is 19.4. The summed E-state index contributed by atoms with van der Waals surface area (Å²) in [4.78, 5) is 2.39. The van der Waals surface area contributed by atoms with Gasteiger partial charge in [-0.2, -0.15) is 5.10 Å². The maximum absolute atomic E-state index is 13.3. The number of ether oxygens (including phenoxy) is 1. The molecular weight excluding hydrogens is 341 g/mol. The highest BCUT2D eigenvalue weighted by atomic mass is 19.1. The number of benzene rings is 1. The van der Waals surface area contributed by atoms with Crippen LogP contribution in [0.1, 0.15) is 42.3 Å². The van der Waals surface area contributed by atoms with Gasteiger partial charge in [-0.25, -0.2) is 4.39 Å². The third-order valence-electron chi connectivity index (χ3n) is 5.14. The number of aromatic nitrogens is 2. The molecule has 0 bridgehead atoms. The highest BCUT2D eigenvalue weighted by Gasteiger charge is 2.22. The Kier molecular flexibility index (Phi) is 6.45. The molecular formula is C22H30FN3O. The molecule has 0 saturated carbocycles. The van der Waals surface area contributed by atoms with E-state index in [4.69, 9.17) is 9.84 Å². The molecule has 146 valence electrons. The lowest BCUT2D eigenvalue weighted by molar-refractivity contribution is 0.0677. The second-order valence-electron chi connectivity index (χ2n) is 7.70. The third-order valence-corrected chi connectivity index (χ3v) is 5.14. The summed E-state index contributed by atoms with van der Waals surface area (Å²) in [6.07, 6.45) is 2.51. The lowest BCUT2D eigenvalue weighted by Gasteiger charge is -2.25. The molecule has 1 atom stereocenters. The largest absolute Gasteiger partial charge is 0.377 e. The van der Waals surface area contributed by atoms with Crippen LogP contribution < -0.4 is 0 Å². The van der Waals surface area contributed by atoms with Gasteiger partial charge in [0.1, 0.15) is 5.82 Å². The first-order chi connectivity index (χ1) is 12.9. The van der Waals surface area contributed by atoms with Crippen LogP contribution in [0.5, 0.6) is 0 Å². The summed E-state index contributed by atoms with van der Waals surface area (Å²) in [6.45, 7) is 14.3. The Morgan fingerprint density at radius 1 is 1.30 bits per heavy atom. The smallest absolute Gasteiger partial charge is 0.123 e. The molecule has 0 radical (unpaired) electrons. The van der Waals surface area contributed by atoms with E-state index in [1.807, 2.05) is 23.7 Å². The van der Waals surface area contributed by atoms with E-state index >= 15 is 0 Å². The first-order valence-electron chi connectivity index (χ1n) is 9.68. The number of hydrogen-bond donors (Lipinski definition) is 0. The molecule has 0 aliphatic carbocycles. The van der Waals surface area contributed by atoms with Crippen LogP contribution in [0.25, 0.3) is 0 Å². The van der Waals surface area contributed by atoms with Crippen molar-refractivity contribution in [3.63, 3.8) is 0 Å². The summed E-state index contributed by atoms with van der Waals surface area (Å²) < 4.78 is 21.2. The molecule has 1 aliphatic rings. The van der Waals surface area contributed by atoms with Crippen molar-refractivity contribution < 1.29 is 9.13 Å². The van der Waals surface area contributed by atoms with Gasteiger partial charge in [-0.15, -0.1) is 0 Å². The fourth-order valence-corrected chi connectivity index (χ4v) is 3.71. The van der Waals surface area contributed by atoms with Gasteiger partial charge in [0.15, 0.2) is 0 Å². The highest BCUT2D eigenvalue weighted by molar-refractivity contribution is 5.25. The molecule has 27 heavy (non-hydrogen) atoms. The lowest BCUT2D eigenvalue weighted by atomic mass is 10.1. The highest BCUT2D eigenvalue weighted by Crippen LogP contribution is 2.21. The van der Waals surface area contributed by atoms with E-state index in [1.54, 1.807) is 0 Å². The van der Waals surface area contributed by atoms with Gasteiger partial charge in [-0.1, -0.05) is 24.3 Å². The van der Waals surface area contributed by atoms with Gasteiger partial charge in [-0.05, 0) is 51.3 Å². The van der Waals surface area contributed by atoms with E-state index in [0.29, 0.717) is 0 Å². The van der Waals surface area contributed by atoms with Crippen LogP contribution in [-0.4, -0.2) is 33.9 Å². The zero-order valence-corrected chi connectivity index (χ0v) is 16.7. The van der Waals surface area contributed by atoms with Gasteiger partial charge < -0.3 is 4.74 Å². The minimum Gasteiger partial charge on any atom is -0.377 e. The number of aryl methyl sites for hydroxylation is 1. The molecule has 5 heteroatoms. The molecule has 1 unspecified atom stereocenters. The van der Waals surface area contributed by atoms with Gasteiger partial charge in [0.25, 0.3) is 0 Å². The molecule has 1 aromatic heterocycles. The van der Waals surface area contributed by atoms with Crippen LogP contribution in [0.3, 0.4) is 0 Å². The quantitative estimate of drug-likeness (QED) is 0.645. The van der Waals surface area contributed by atoms with Crippen molar-refractivity contribution in [2.24, 2.45) is 0 Å². The summed E-state index contributed by atoms with van der Waals surface area (Å²) in [5.41, 5.74) is 5.71. The van der Waals surface area contributed by atoms with Crippen molar-refractivity contribution in [3.8, 4) is 0 Å². The molecule has 1 aliphatic heterocycles. The number of hydrogen-bond acceptors (Lipinski definition) is 3. The molecule has 2 aromatic rings. The molecule has 1 fully saturated rings. The minimum absolute atomic E-state index is 0.197. The van der Waals surface area contributed by atoms with E-state index in [9.17, 15) is 4.39 Å². The third kappa shape index (κ3) is 5.27. The standard InChI is InChI=1S/C22H30FN3O/c1-16(2)12-26-18(4)22(17(3)24-26)15-25(14-21-6-5-11-27-21)13-19-7-9-20(23)10-8-19/h7-10,21H,1,5-6,11-15H2,2-4H3. The number of halogens is 1. The van der Waals surface area contributed by atoms with Crippen LogP contribution >= 0.6 is 0 Å². The molecule has 2 heterocycles. The van der Waals surface area contributed by atoms with Crippen molar-refractivity contribution in [3.05, 3.63) is 64.7 Å². The van der Waals surface area contributed by atoms with Crippen molar-refractivity contribution in [1.82, 2.24) is 14.7 Å². The van der Waals surface area contributed by atoms with Crippen LogP contribution in [-0.2, 0) is 24.4 Å². The van der Waals surface area contributed by atoms with E-state index in [2.05, 4.69) is 25.3 Å². The summed E-state index contributed by atoms with van der Waals surface area (Å²) in [5, 5.41) is 4.70.